The summed E-state index contributed by atoms with van der Waals surface area (Å²) in [5, 5.41) is 9.77. The first kappa shape index (κ1) is 18.0. The topological polar surface area (TPSA) is 23.8 Å². The average Bonchev–Trinajstić information content (AvgIpc) is 2.67. The summed E-state index contributed by atoms with van der Waals surface area (Å²) in [6.07, 6.45) is 8.54. The van der Waals surface area contributed by atoms with Crippen LogP contribution in [0.2, 0.25) is 5.02 Å². The Balaban J connectivity index is 1.61. The molecule has 0 amide bonds. The summed E-state index contributed by atoms with van der Waals surface area (Å²) < 4.78 is 0. The van der Waals surface area contributed by atoms with E-state index in [1.165, 1.54) is 48.8 Å². The first-order valence-electron chi connectivity index (χ1n) is 9.47. The SMILES string of the molecule is CCC1CCC(c2ccc(CCc3ccc(C#N)cc3)c(Cl)c2)CC1. The number of hydrogen-bond acceptors (Lipinski definition) is 1. The van der Waals surface area contributed by atoms with Crippen LogP contribution < -0.4 is 0 Å². The van der Waals surface area contributed by atoms with Crippen molar-refractivity contribution >= 4 is 11.6 Å². The van der Waals surface area contributed by atoms with Crippen molar-refractivity contribution in [2.24, 2.45) is 5.92 Å². The van der Waals surface area contributed by atoms with Crippen molar-refractivity contribution in [1.82, 2.24) is 0 Å². The Morgan fingerprint density at radius 2 is 1.72 bits per heavy atom. The zero-order valence-corrected chi connectivity index (χ0v) is 15.7. The molecule has 0 aromatic heterocycles. The molecule has 0 heterocycles. The molecule has 0 unspecified atom stereocenters. The molecule has 1 fully saturated rings. The highest BCUT2D eigenvalue weighted by Gasteiger charge is 2.21. The van der Waals surface area contributed by atoms with E-state index >= 15 is 0 Å². The minimum absolute atomic E-state index is 0.688. The van der Waals surface area contributed by atoms with E-state index in [1.807, 2.05) is 24.3 Å². The van der Waals surface area contributed by atoms with Crippen molar-refractivity contribution < 1.29 is 0 Å². The number of nitrogens with zero attached hydrogens (tertiary/aromatic N) is 1. The Kier molecular flexibility index (Phi) is 6.16. The van der Waals surface area contributed by atoms with Crippen LogP contribution in [0.25, 0.3) is 0 Å². The van der Waals surface area contributed by atoms with Crippen molar-refractivity contribution in [3.8, 4) is 6.07 Å². The van der Waals surface area contributed by atoms with Crippen molar-refractivity contribution in [1.29, 1.82) is 5.26 Å². The predicted molar refractivity (Wildman–Crippen MR) is 105 cm³/mol. The smallest absolute Gasteiger partial charge is 0.0991 e. The maximum atomic E-state index is 8.87. The lowest BCUT2D eigenvalue weighted by molar-refractivity contribution is 0.319. The molecule has 1 aliphatic rings. The molecule has 0 radical (unpaired) electrons. The molecule has 2 aromatic carbocycles. The summed E-state index contributed by atoms with van der Waals surface area (Å²) in [4.78, 5) is 0. The van der Waals surface area contributed by atoms with Crippen LogP contribution in [0, 0.1) is 17.2 Å². The molecule has 0 bridgehead atoms. The van der Waals surface area contributed by atoms with Gasteiger partial charge in [0.15, 0.2) is 0 Å². The second-order valence-electron chi connectivity index (χ2n) is 7.29. The molecular formula is C23H26ClN. The molecule has 3 rings (SSSR count). The number of hydrogen-bond donors (Lipinski definition) is 0. The summed E-state index contributed by atoms with van der Waals surface area (Å²) in [5.74, 6) is 1.62. The third-order valence-corrected chi connectivity index (χ3v) is 6.09. The average molecular weight is 352 g/mol. The molecule has 0 atom stereocenters. The van der Waals surface area contributed by atoms with Crippen LogP contribution in [-0.2, 0) is 12.8 Å². The number of halogens is 1. The Morgan fingerprint density at radius 1 is 1.00 bits per heavy atom. The third-order valence-electron chi connectivity index (χ3n) is 5.74. The molecule has 1 aliphatic carbocycles. The van der Waals surface area contributed by atoms with Gasteiger partial charge in [0.1, 0.15) is 0 Å². The van der Waals surface area contributed by atoms with Gasteiger partial charge in [-0.1, -0.05) is 49.2 Å². The van der Waals surface area contributed by atoms with Crippen molar-refractivity contribution in [2.75, 3.05) is 0 Å². The van der Waals surface area contributed by atoms with Crippen LogP contribution in [0.1, 0.15) is 67.2 Å². The van der Waals surface area contributed by atoms with E-state index in [0.29, 0.717) is 11.5 Å². The van der Waals surface area contributed by atoms with Gasteiger partial charge in [0.05, 0.1) is 11.6 Å². The van der Waals surface area contributed by atoms with Crippen molar-refractivity contribution in [3.05, 3.63) is 69.7 Å². The first-order valence-corrected chi connectivity index (χ1v) is 9.84. The van der Waals surface area contributed by atoms with E-state index in [4.69, 9.17) is 16.9 Å². The van der Waals surface area contributed by atoms with Gasteiger partial charge in [0.2, 0.25) is 0 Å². The summed E-state index contributed by atoms with van der Waals surface area (Å²) in [6, 6.07) is 16.7. The molecule has 0 N–H and O–H groups in total. The monoisotopic (exact) mass is 351 g/mol. The normalized spacial score (nSPS) is 20.2. The van der Waals surface area contributed by atoms with Gasteiger partial charge in [-0.05, 0) is 85.3 Å². The number of benzene rings is 2. The van der Waals surface area contributed by atoms with E-state index in [2.05, 4.69) is 31.2 Å². The maximum Gasteiger partial charge on any atom is 0.0991 e. The highest BCUT2D eigenvalue weighted by Crippen LogP contribution is 2.38. The fraction of sp³-hybridized carbons (Fsp3) is 0.435. The Labute approximate surface area is 156 Å². The molecule has 1 saturated carbocycles. The maximum absolute atomic E-state index is 8.87. The quantitative estimate of drug-likeness (QED) is 0.589. The van der Waals surface area contributed by atoms with Gasteiger partial charge in [-0.25, -0.2) is 0 Å². The van der Waals surface area contributed by atoms with E-state index in [9.17, 15) is 0 Å². The second-order valence-corrected chi connectivity index (χ2v) is 7.69. The molecular weight excluding hydrogens is 326 g/mol. The van der Waals surface area contributed by atoms with Gasteiger partial charge in [0, 0.05) is 5.02 Å². The highest BCUT2D eigenvalue weighted by atomic mass is 35.5. The van der Waals surface area contributed by atoms with Crippen LogP contribution in [0.3, 0.4) is 0 Å². The minimum Gasteiger partial charge on any atom is -0.192 e. The molecule has 0 saturated heterocycles. The van der Waals surface area contributed by atoms with Gasteiger partial charge < -0.3 is 0 Å². The van der Waals surface area contributed by atoms with Crippen LogP contribution in [0.5, 0.6) is 0 Å². The van der Waals surface area contributed by atoms with E-state index in [1.54, 1.807) is 0 Å². The zero-order valence-electron chi connectivity index (χ0n) is 15.0. The summed E-state index contributed by atoms with van der Waals surface area (Å²) >= 11 is 6.58. The molecule has 1 nitrogen and oxygen atoms in total. The fourth-order valence-corrected chi connectivity index (χ4v) is 4.23. The van der Waals surface area contributed by atoms with Gasteiger partial charge in [-0.3, -0.25) is 0 Å². The largest absolute Gasteiger partial charge is 0.192 e. The molecule has 2 heteroatoms. The van der Waals surface area contributed by atoms with E-state index in [0.717, 1.165) is 23.8 Å². The lowest BCUT2D eigenvalue weighted by Crippen LogP contribution is -2.12. The van der Waals surface area contributed by atoms with Gasteiger partial charge in [0.25, 0.3) is 0 Å². The molecule has 25 heavy (non-hydrogen) atoms. The minimum atomic E-state index is 0.688. The third kappa shape index (κ3) is 4.65. The Bertz CT molecular complexity index is 734. The van der Waals surface area contributed by atoms with E-state index < -0.39 is 0 Å². The number of aryl methyl sites for hydroxylation is 2. The molecule has 0 spiro atoms. The van der Waals surface area contributed by atoms with Crippen LogP contribution in [0.4, 0.5) is 0 Å². The van der Waals surface area contributed by atoms with Crippen LogP contribution in [0.15, 0.2) is 42.5 Å². The Morgan fingerprint density at radius 3 is 2.32 bits per heavy atom. The predicted octanol–water partition coefficient (Wildman–Crippen LogP) is 6.68. The second kappa shape index (κ2) is 8.54. The summed E-state index contributed by atoms with van der Waals surface area (Å²) in [7, 11) is 0. The fourth-order valence-electron chi connectivity index (χ4n) is 3.95. The zero-order chi connectivity index (χ0) is 17.6. The van der Waals surface area contributed by atoms with Gasteiger partial charge in [-0.15, -0.1) is 0 Å². The molecule has 130 valence electrons. The van der Waals surface area contributed by atoms with Crippen molar-refractivity contribution in [2.45, 2.75) is 57.8 Å². The lowest BCUT2D eigenvalue weighted by Gasteiger charge is -2.28. The first-order chi connectivity index (χ1) is 12.2. The van der Waals surface area contributed by atoms with Crippen molar-refractivity contribution in [3.63, 3.8) is 0 Å². The molecule has 0 aliphatic heterocycles. The number of nitriles is 1. The summed E-state index contributed by atoms with van der Waals surface area (Å²) in [5.41, 5.74) is 4.60. The molecule has 2 aromatic rings. The number of rotatable bonds is 5. The van der Waals surface area contributed by atoms with Crippen LogP contribution in [-0.4, -0.2) is 0 Å². The lowest BCUT2D eigenvalue weighted by atomic mass is 9.77. The van der Waals surface area contributed by atoms with E-state index in [-0.39, 0.29) is 0 Å². The van der Waals surface area contributed by atoms with Gasteiger partial charge >= 0.3 is 0 Å². The standard InChI is InChI=1S/C23H26ClN/c1-2-17-7-10-20(11-8-17)22-14-13-21(23(24)15-22)12-9-18-3-5-19(16-25)6-4-18/h3-6,13-15,17,20H,2,7-12H2,1H3. The van der Waals surface area contributed by atoms with Gasteiger partial charge in [-0.2, -0.15) is 5.26 Å². The highest BCUT2D eigenvalue weighted by molar-refractivity contribution is 6.31. The Hall–Kier alpha value is -1.78. The van der Waals surface area contributed by atoms with Crippen LogP contribution >= 0.6 is 11.6 Å². The summed E-state index contributed by atoms with van der Waals surface area (Å²) in [6.45, 7) is 2.31.